The van der Waals surface area contributed by atoms with Crippen molar-refractivity contribution < 1.29 is 8.83 Å². The van der Waals surface area contributed by atoms with Crippen LogP contribution < -0.4 is 4.90 Å². The van der Waals surface area contributed by atoms with Crippen LogP contribution in [0.5, 0.6) is 0 Å². The molecule has 3 heterocycles. The van der Waals surface area contributed by atoms with Crippen molar-refractivity contribution in [1.82, 2.24) is 4.57 Å². The van der Waals surface area contributed by atoms with E-state index in [-0.39, 0.29) is 0 Å². The van der Waals surface area contributed by atoms with Gasteiger partial charge in [-0.05, 0) is 82.4 Å². The lowest BCUT2D eigenvalue weighted by atomic mass is 9.96. The summed E-state index contributed by atoms with van der Waals surface area (Å²) < 4.78 is 16.0. The second-order valence-electron chi connectivity index (χ2n) is 17.2. The van der Waals surface area contributed by atoms with Gasteiger partial charge in [0.2, 0.25) is 0 Å². The lowest BCUT2D eigenvalue weighted by molar-refractivity contribution is 0.669. The fraction of sp³-hybridized carbons (Fsp3) is 0. The van der Waals surface area contributed by atoms with E-state index >= 15 is 0 Å². The Balaban J connectivity index is 1.08. The first kappa shape index (κ1) is 36.6. The molecule has 0 N–H and O–H groups in total. The normalized spacial score (nSPS) is 11.9. The smallest absolute Gasteiger partial charge is 0.143 e. The first-order valence-corrected chi connectivity index (χ1v) is 22.5. The van der Waals surface area contributed by atoms with Crippen LogP contribution in [0.3, 0.4) is 0 Å². The van der Waals surface area contributed by atoms with Crippen molar-refractivity contribution in [3.8, 4) is 27.9 Å². The molecule has 14 aromatic rings. The van der Waals surface area contributed by atoms with Gasteiger partial charge in [-0.25, -0.2) is 0 Å². The van der Waals surface area contributed by atoms with Gasteiger partial charge in [-0.15, -0.1) is 0 Å². The van der Waals surface area contributed by atoms with Gasteiger partial charge in [0.05, 0.1) is 22.4 Å². The topological polar surface area (TPSA) is 34.5 Å². The summed E-state index contributed by atoms with van der Waals surface area (Å²) >= 11 is 0. The van der Waals surface area contributed by atoms with Crippen LogP contribution in [0.2, 0.25) is 0 Å². The number of hydrogen-bond donors (Lipinski definition) is 0. The number of benzene rings is 11. The monoisotopic (exact) mass is 842 g/mol. The molecule has 4 heteroatoms. The average Bonchev–Trinajstić information content (AvgIpc) is 4.06. The second kappa shape index (κ2) is 14.3. The number of hydrogen-bond acceptors (Lipinski definition) is 3. The Bertz CT molecular complexity index is 4210. The molecule has 0 amide bonds. The highest BCUT2D eigenvalue weighted by molar-refractivity contribution is 6.17. The summed E-state index contributed by atoms with van der Waals surface area (Å²) in [7, 11) is 0. The number of para-hydroxylation sites is 6. The first-order chi connectivity index (χ1) is 32.7. The predicted octanol–water partition coefficient (Wildman–Crippen LogP) is 17.7. The standard InChI is InChI=1S/C62H38N2O2/c1-2-20-43-40(17-1)36-58(46-22-4-3-21-45(43)46)63(41-19-15-18-39(35-41)44-28-16-29-52-50-26-8-13-33-59(50)65-61(44)52)42-37-53(62-54(38-42)51-27-9-14-34-60(51)66-62)49-25-7-12-32-57(49)64-55-30-10-5-23-47(55)48-24-6-11-31-56(48)64/h1-38H. The third-order valence-electron chi connectivity index (χ3n) is 13.5. The fourth-order valence-electron chi connectivity index (χ4n) is 10.7. The van der Waals surface area contributed by atoms with Gasteiger partial charge >= 0.3 is 0 Å². The molecule has 0 bridgehead atoms. The van der Waals surface area contributed by atoms with Crippen LogP contribution in [0.25, 0.3) is 115 Å². The zero-order valence-corrected chi connectivity index (χ0v) is 35.7. The van der Waals surface area contributed by atoms with Crippen molar-refractivity contribution in [2.75, 3.05) is 4.90 Å². The maximum Gasteiger partial charge on any atom is 0.143 e. The molecule has 3 aromatic heterocycles. The highest BCUT2D eigenvalue weighted by atomic mass is 16.3. The van der Waals surface area contributed by atoms with Gasteiger partial charge in [0.25, 0.3) is 0 Å². The zero-order valence-electron chi connectivity index (χ0n) is 35.7. The van der Waals surface area contributed by atoms with Crippen molar-refractivity contribution in [3.05, 3.63) is 231 Å². The first-order valence-electron chi connectivity index (χ1n) is 22.5. The van der Waals surface area contributed by atoms with E-state index in [1.54, 1.807) is 0 Å². The highest BCUT2D eigenvalue weighted by Crippen LogP contribution is 2.48. The van der Waals surface area contributed by atoms with Gasteiger partial charge in [-0.2, -0.15) is 0 Å². The molecule has 14 rings (SSSR count). The van der Waals surface area contributed by atoms with Gasteiger partial charge in [0, 0.05) is 65.8 Å². The minimum atomic E-state index is 0.849. The van der Waals surface area contributed by atoms with Gasteiger partial charge in [0.1, 0.15) is 22.3 Å². The number of fused-ring (bicyclic) bond motifs is 12. The van der Waals surface area contributed by atoms with Crippen LogP contribution in [0, 0.1) is 0 Å². The molecule has 0 aliphatic carbocycles. The minimum Gasteiger partial charge on any atom is -0.455 e. The molecule has 0 spiro atoms. The van der Waals surface area contributed by atoms with Gasteiger partial charge in [0.15, 0.2) is 0 Å². The summed E-state index contributed by atoms with van der Waals surface area (Å²) in [6.07, 6.45) is 0. The van der Waals surface area contributed by atoms with E-state index < -0.39 is 0 Å². The molecule has 0 aliphatic rings. The second-order valence-corrected chi connectivity index (χ2v) is 17.2. The molecule has 0 saturated carbocycles. The van der Waals surface area contributed by atoms with Crippen LogP contribution in [-0.2, 0) is 0 Å². The lowest BCUT2D eigenvalue weighted by Crippen LogP contribution is -2.11. The Labute approximate surface area is 379 Å². The van der Waals surface area contributed by atoms with Gasteiger partial charge < -0.3 is 18.3 Å². The number of aromatic nitrogens is 1. The Morgan fingerprint density at radius 2 is 0.864 bits per heavy atom. The van der Waals surface area contributed by atoms with Gasteiger partial charge in [-0.1, -0.05) is 170 Å². The van der Waals surface area contributed by atoms with Crippen LogP contribution in [0.4, 0.5) is 17.1 Å². The SMILES string of the molecule is c1cc(-c2cccc3c2oc2ccccc23)cc(N(c2cc(-c3ccccc3-n3c4ccccc4c4ccccc43)c3oc4ccccc4c3c2)c2cc3ccccc3c3ccccc23)c1. The van der Waals surface area contributed by atoms with E-state index in [4.69, 9.17) is 8.83 Å². The molecular weight excluding hydrogens is 805 g/mol. The van der Waals surface area contributed by atoms with Crippen LogP contribution in [-0.4, -0.2) is 4.57 Å². The zero-order chi connectivity index (χ0) is 43.3. The maximum absolute atomic E-state index is 6.96. The number of furan rings is 2. The van der Waals surface area contributed by atoms with E-state index in [2.05, 4.69) is 234 Å². The molecular formula is C62H38N2O2. The Kier molecular flexibility index (Phi) is 7.95. The molecule has 66 heavy (non-hydrogen) atoms. The summed E-state index contributed by atoms with van der Waals surface area (Å²) in [5.41, 5.74) is 14.2. The third kappa shape index (κ3) is 5.45. The van der Waals surface area contributed by atoms with Crippen molar-refractivity contribution in [2.45, 2.75) is 0 Å². The third-order valence-corrected chi connectivity index (χ3v) is 13.5. The van der Waals surface area contributed by atoms with Crippen LogP contribution in [0.15, 0.2) is 239 Å². The number of rotatable bonds is 6. The average molecular weight is 843 g/mol. The maximum atomic E-state index is 6.96. The van der Waals surface area contributed by atoms with E-state index in [1.165, 1.54) is 26.9 Å². The molecule has 4 nitrogen and oxygen atoms in total. The fourth-order valence-corrected chi connectivity index (χ4v) is 10.7. The van der Waals surface area contributed by atoms with Crippen molar-refractivity contribution in [1.29, 1.82) is 0 Å². The molecule has 0 aliphatic heterocycles. The Morgan fingerprint density at radius 1 is 0.318 bits per heavy atom. The number of anilines is 3. The minimum absolute atomic E-state index is 0.849. The van der Waals surface area contributed by atoms with Gasteiger partial charge in [-0.3, -0.25) is 0 Å². The molecule has 0 fully saturated rings. The molecule has 0 atom stereocenters. The molecule has 0 radical (unpaired) electrons. The van der Waals surface area contributed by atoms with E-state index in [0.717, 1.165) is 105 Å². The summed E-state index contributed by atoms with van der Waals surface area (Å²) in [6, 6.07) is 82.8. The summed E-state index contributed by atoms with van der Waals surface area (Å²) in [4.78, 5) is 2.45. The van der Waals surface area contributed by atoms with E-state index in [9.17, 15) is 0 Å². The predicted molar refractivity (Wildman–Crippen MR) is 276 cm³/mol. The van der Waals surface area contributed by atoms with Crippen molar-refractivity contribution in [3.63, 3.8) is 0 Å². The summed E-state index contributed by atoms with van der Waals surface area (Å²) in [6.45, 7) is 0. The summed E-state index contributed by atoms with van der Waals surface area (Å²) in [5, 5.41) is 11.5. The van der Waals surface area contributed by atoms with Crippen LogP contribution >= 0.6 is 0 Å². The number of nitrogens with zero attached hydrogens (tertiary/aromatic N) is 2. The molecule has 0 unspecified atom stereocenters. The summed E-state index contributed by atoms with van der Waals surface area (Å²) in [5.74, 6) is 0. The highest BCUT2D eigenvalue weighted by Gasteiger charge is 2.25. The van der Waals surface area contributed by atoms with Crippen molar-refractivity contribution in [2.24, 2.45) is 0 Å². The molecule has 0 saturated heterocycles. The van der Waals surface area contributed by atoms with Crippen molar-refractivity contribution >= 4 is 104 Å². The Hall–Kier alpha value is -8.86. The van der Waals surface area contributed by atoms with E-state index in [1.807, 2.05) is 6.07 Å². The lowest BCUT2D eigenvalue weighted by Gasteiger charge is -2.29. The Morgan fingerprint density at radius 3 is 1.62 bits per heavy atom. The molecule has 11 aromatic carbocycles. The van der Waals surface area contributed by atoms with Crippen LogP contribution in [0.1, 0.15) is 0 Å². The molecule has 308 valence electrons. The largest absolute Gasteiger partial charge is 0.455 e. The van der Waals surface area contributed by atoms with E-state index in [0.29, 0.717) is 0 Å². The quantitative estimate of drug-likeness (QED) is 0.156.